The van der Waals surface area contributed by atoms with Gasteiger partial charge in [-0.1, -0.05) is 6.42 Å². The normalized spacial score (nSPS) is 21.5. The Hall–Kier alpha value is -0.900. The third-order valence-electron chi connectivity index (χ3n) is 3.97. The smallest absolute Gasteiger partial charge is 0.194 e. The Morgan fingerprint density at radius 2 is 2.32 bits per heavy atom. The van der Waals surface area contributed by atoms with Crippen molar-refractivity contribution in [2.75, 3.05) is 20.1 Å². The second kappa shape index (κ2) is 9.29. The molecule has 22 heavy (non-hydrogen) atoms. The third-order valence-corrected chi connectivity index (χ3v) is 3.97. The van der Waals surface area contributed by atoms with E-state index in [1.165, 1.54) is 0 Å². The summed E-state index contributed by atoms with van der Waals surface area (Å²) in [6, 6.07) is 0. The molecule has 0 aliphatic heterocycles. The van der Waals surface area contributed by atoms with Gasteiger partial charge >= 0.3 is 0 Å². The van der Waals surface area contributed by atoms with E-state index in [1.54, 1.807) is 11.0 Å². The first-order valence-corrected chi connectivity index (χ1v) is 7.62. The molecule has 0 bridgehead atoms. The fraction of sp³-hybridized carbons (Fsp3) is 0.786. The van der Waals surface area contributed by atoms with Crippen LogP contribution in [-0.4, -0.2) is 57.0 Å². The lowest BCUT2D eigenvalue weighted by molar-refractivity contribution is 0.136. The number of hydrogen-bond donors (Lipinski definition) is 2. The Bertz CT molecular complexity index is 478. The number of hydrogen-bond acceptors (Lipinski definition) is 4. The third kappa shape index (κ3) is 5.08. The number of nitrogens with one attached hydrogen (secondary N) is 1. The van der Waals surface area contributed by atoms with E-state index in [0.717, 1.165) is 37.6 Å². The Morgan fingerprint density at radius 3 is 2.86 bits per heavy atom. The predicted molar refractivity (Wildman–Crippen MR) is 97.2 cm³/mol. The second-order valence-electron chi connectivity index (χ2n) is 5.61. The quantitative estimate of drug-likeness (QED) is 0.421. The molecule has 0 radical (unpaired) electrons. The average Bonchev–Trinajstić information content (AvgIpc) is 3.04. The number of aliphatic hydroxyl groups is 1. The molecule has 0 saturated heterocycles. The van der Waals surface area contributed by atoms with Crippen LogP contribution in [0.25, 0.3) is 0 Å². The molecule has 7 nitrogen and oxygen atoms in total. The van der Waals surface area contributed by atoms with Gasteiger partial charge in [0.1, 0.15) is 12.2 Å². The second-order valence-corrected chi connectivity index (χ2v) is 5.61. The van der Waals surface area contributed by atoms with Gasteiger partial charge in [0.15, 0.2) is 5.96 Å². The van der Waals surface area contributed by atoms with Crippen molar-refractivity contribution in [1.82, 2.24) is 25.0 Å². The maximum atomic E-state index is 9.89. The molecule has 126 valence electrons. The van der Waals surface area contributed by atoms with Crippen molar-refractivity contribution in [2.24, 2.45) is 18.0 Å². The van der Waals surface area contributed by atoms with Crippen molar-refractivity contribution >= 4 is 29.9 Å². The van der Waals surface area contributed by atoms with Crippen molar-refractivity contribution in [1.29, 1.82) is 0 Å². The van der Waals surface area contributed by atoms with Gasteiger partial charge in [-0.05, 0) is 19.8 Å². The highest BCUT2D eigenvalue weighted by Gasteiger charge is 2.25. The van der Waals surface area contributed by atoms with Crippen LogP contribution in [-0.2, 0) is 13.6 Å². The molecule has 1 aromatic heterocycles. The SMILES string of the molecule is CCNC(=NCC1CCCC1O)N(C)Cc1ncnn1C.I. The molecule has 0 aromatic carbocycles. The van der Waals surface area contributed by atoms with Crippen LogP contribution in [0.4, 0.5) is 0 Å². The van der Waals surface area contributed by atoms with E-state index in [0.29, 0.717) is 19.0 Å². The fourth-order valence-corrected chi connectivity index (χ4v) is 2.65. The summed E-state index contributed by atoms with van der Waals surface area (Å²) in [5.74, 6) is 2.03. The lowest BCUT2D eigenvalue weighted by atomic mass is 10.1. The highest BCUT2D eigenvalue weighted by atomic mass is 127. The number of aliphatic imine (C=N–C) groups is 1. The van der Waals surface area contributed by atoms with Gasteiger partial charge in [-0.2, -0.15) is 5.10 Å². The summed E-state index contributed by atoms with van der Waals surface area (Å²) >= 11 is 0. The standard InChI is InChI=1S/C14H26N6O.HI/c1-4-15-14(16-8-11-6-5-7-12(11)21)19(2)9-13-17-10-18-20(13)3;/h10-12,21H,4-9H2,1-3H3,(H,15,16);1H. The predicted octanol–water partition coefficient (Wildman–Crippen LogP) is 0.991. The van der Waals surface area contributed by atoms with Crippen LogP contribution in [0.15, 0.2) is 11.3 Å². The van der Waals surface area contributed by atoms with Crippen LogP contribution in [0.5, 0.6) is 0 Å². The summed E-state index contributed by atoms with van der Waals surface area (Å²) in [6.07, 6.45) is 4.44. The van der Waals surface area contributed by atoms with Crippen molar-refractivity contribution in [3.05, 3.63) is 12.2 Å². The van der Waals surface area contributed by atoms with Gasteiger partial charge in [0.05, 0.1) is 12.6 Å². The molecule has 1 aliphatic carbocycles. The van der Waals surface area contributed by atoms with Crippen molar-refractivity contribution < 1.29 is 5.11 Å². The Balaban J connectivity index is 0.00000242. The molecule has 2 rings (SSSR count). The molecule has 1 saturated carbocycles. The van der Waals surface area contributed by atoms with E-state index in [4.69, 9.17) is 0 Å². The molecule has 1 heterocycles. The molecule has 1 aromatic rings. The maximum absolute atomic E-state index is 9.89. The number of halogens is 1. The average molecular weight is 422 g/mol. The monoisotopic (exact) mass is 422 g/mol. The molecule has 0 spiro atoms. The van der Waals surface area contributed by atoms with E-state index < -0.39 is 0 Å². The van der Waals surface area contributed by atoms with Gasteiger partial charge in [-0.3, -0.25) is 9.67 Å². The van der Waals surface area contributed by atoms with E-state index in [1.807, 2.05) is 19.0 Å². The summed E-state index contributed by atoms with van der Waals surface area (Å²) in [5.41, 5.74) is 0. The van der Waals surface area contributed by atoms with E-state index >= 15 is 0 Å². The molecule has 2 unspecified atom stereocenters. The zero-order valence-corrected chi connectivity index (χ0v) is 15.9. The first-order chi connectivity index (χ1) is 10.1. The number of aromatic nitrogens is 3. The van der Waals surface area contributed by atoms with Crippen LogP contribution in [0.2, 0.25) is 0 Å². The van der Waals surface area contributed by atoms with E-state index in [-0.39, 0.29) is 30.1 Å². The largest absolute Gasteiger partial charge is 0.393 e. The summed E-state index contributed by atoms with van der Waals surface area (Å²) in [4.78, 5) is 10.9. The molecule has 1 fully saturated rings. The van der Waals surface area contributed by atoms with E-state index in [2.05, 4.69) is 27.3 Å². The fourth-order valence-electron chi connectivity index (χ4n) is 2.65. The zero-order chi connectivity index (χ0) is 15.2. The van der Waals surface area contributed by atoms with Gasteiger partial charge in [-0.15, -0.1) is 24.0 Å². The number of aliphatic hydroxyl groups excluding tert-OH is 1. The first kappa shape index (κ1) is 19.1. The Kier molecular flexibility index (Phi) is 8.08. The number of nitrogens with zero attached hydrogens (tertiary/aromatic N) is 5. The minimum absolute atomic E-state index is 0. The van der Waals surface area contributed by atoms with Gasteiger partial charge < -0.3 is 15.3 Å². The van der Waals surface area contributed by atoms with Gasteiger partial charge in [0.25, 0.3) is 0 Å². The van der Waals surface area contributed by atoms with Gasteiger partial charge in [-0.25, -0.2) is 4.98 Å². The highest BCUT2D eigenvalue weighted by molar-refractivity contribution is 14.0. The summed E-state index contributed by atoms with van der Waals surface area (Å²) in [6.45, 7) is 4.19. The van der Waals surface area contributed by atoms with Crippen molar-refractivity contribution in [2.45, 2.75) is 38.8 Å². The summed E-state index contributed by atoms with van der Waals surface area (Å²) in [7, 11) is 3.87. The lowest BCUT2D eigenvalue weighted by Gasteiger charge is -2.22. The Labute approximate surface area is 149 Å². The molecule has 1 aliphatic rings. The molecule has 2 N–H and O–H groups in total. The minimum Gasteiger partial charge on any atom is -0.393 e. The summed E-state index contributed by atoms with van der Waals surface area (Å²) in [5, 5.41) is 17.3. The number of guanidine groups is 1. The van der Waals surface area contributed by atoms with Crippen LogP contribution < -0.4 is 5.32 Å². The zero-order valence-electron chi connectivity index (χ0n) is 13.6. The molecule has 0 amide bonds. The Morgan fingerprint density at radius 1 is 1.55 bits per heavy atom. The molecule has 8 heteroatoms. The summed E-state index contributed by atoms with van der Waals surface area (Å²) < 4.78 is 1.76. The first-order valence-electron chi connectivity index (χ1n) is 7.62. The lowest BCUT2D eigenvalue weighted by Crippen LogP contribution is -2.39. The maximum Gasteiger partial charge on any atom is 0.194 e. The van der Waals surface area contributed by atoms with Gasteiger partial charge in [0, 0.05) is 33.1 Å². The topological polar surface area (TPSA) is 78.6 Å². The number of aryl methyl sites for hydroxylation is 1. The van der Waals surface area contributed by atoms with Crippen LogP contribution >= 0.6 is 24.0 Å². The van der Waals surface area contributed by atoms with Crippen molar-refractivity contribution in [3.63, 3.8) is 0 Å². The highest BCUT2D eigenvalue weighted by Crippen LogP contribution is 2.25. The van der Waals surface area contributed by atoms with Gasteiger partial charge in [0.2, 0.25) is 0 Å². The van der Waals surface area contributed by atoms with E-state index in [9.17, 15) is 5.11 Å². The van der Waals surface area contributed by atoms with Crippen LogP contribution in [0.3, 0.4) is 0 Å². The molecule has 2 atom stereocenters. The van der Waals surface area contributed by atoms with Crippen LogP contribution in [0, 0.1) is 5.92 Å². The minimum atomic E-state index is -0.194. The number of rotatable bonds is 5. The molecular formula is C14H27IN6O. The molecular weight excluding hydrogens is 395 g/mol. The van der Waals surface area contributed by atoms with Crippen LogP contribution in [0.1, 0.15) is 32.0 Å². The van der Waals surface area contributed by atoms with Crippen molar-refractivity contribution in [3.8, 4) is 0 Å².